The van der Waals surface area contributed by atoms with Crippen LogP contribution in [0.3, 0.4) is 0 Å². The average molecular weight is 639 g/mol. The number of carbonyl (C=O) groups excluding carboxylic acids is 3. The lowest BCUT2D eigenvalue weighted by Crippen LogP contribution is -2.41. The van der Waals surface area contributed by atoms with Crippen LogP contribution in [0, 0.1) is 19.7 Å². The molecule has 0 saturated heterocycles. The lowest BCUT2D eigenvalue weighted by molar-refractivity contribution is -0.123. The molecule has 5 N–H and O–H groups in total. The van der Waals surface area contributed by atoms with Gasteiger partial charge in [0.05, 0.1) is 29.6 Å². The average Bonchev–Trinajstić information content (AvgIpc) is 3.63. The number of aliphatic hydroxyl groups is 1. The van der Waals surface area contributed by atoms with Gasteiger partial charge in [-0.1, -0.05) is 0 Å². The van der Waals surface area contributed by atoms with Crippen molar-refractivity contribution in [1.82, 2.24) is 20.3 Å². The lowest BCUT2D eigenvalue weighted by Gasteiger charge is -2.26. The Morgan fingerprint density at radius 2 is 1.81 bits per heavy atom. The van der Waals surface area contributed by atoms with Gasteiger partial charge < -0.3 is 30.6 Å². The molecule has 0 unspecified atom stereocenters. The second-order valence-corrected chi connectivity index (χ2v) is 12.0. The van der Waals surface area contributed by atoms with Gasteiger partial charge in [-0.15, -0.1) is 0 Å². The highest BCUT2D eigenvalue weighted by Gasteiger charge is 2.45. The van der Waals surface area contributed by atoms with Crippen molar-refractivity contribution in [2.45, 2.75) is 38.7 Å². The number of rotatable bonds is 8. The van der Waals surface area contributed by atoms with Gasteiger partial charge in [-0.2, -0.15) is 0 Å². The zero-order valence-electron chi connectivity index (χ0n) is 26.0. The highest BCUT2D eigenvalue weighted by Crippen LogP contribution is 2.45. The first-order valence-corrected chi connectivity index (χ1v) is 14.6. The number of amides is 3. The van der Waals surface area contributed by atoms with E-state index >= 15 is 0 Å². The van der Waals surface area contributed by atoms with Gasteiger partial charge in [0.2, 0.25) is 11.7 Å². The summed E-state index contributed by atoms with van der Waals surface area (Å²) in [6, 6.07) is 12.0. The van der Waals surface area contributed by atoms with Crippen LogP contribution >= 0.6 is 0 Å². The number of nitrogens with zero attached hydrogens (tertiary/aromatic N) is 3. The third-order valence-electron chi connectivity index (χ3n) is 8.15. The van der Waals surface area contributed by atoms with Crippen LogP contribution in [0.4, 0.5) is 10.1 Å². The number of halogens is 1. The first-order chi connectivity index (χ1) is 22.2. The van der Waals surface area contributed by atoms with Crippen LogP contribution in [0.25, 0.3) is 22.2 Å². The largest absolute Gasteiger partial charge is 0.489 e. The van der Waals surface area contributed by atoms with Crippen molar-refractivity contribution >= 4 is 34.3 Å². The number of fused-ring (bicyclic) bond motifs is 2. The monoisotopic (exact) mass is 638 g/mol. The topological polar surface area (TPSA) is 183 Å². The van der Waals surface area contributed by atoms with Crippen LogP contribution < -0.4 is 21.1 Å². The summed E-state index contributed by atoms with van der Waals surface area (Å²) in [4.78, 5) is 52.0. The number of benzene rings is 2. The van der Waals surface area contributed by atoms with E-state index in [2.05, 4.69) is 25.6 Å². The Labute approximate surface area is 268 Å². The van der Waals surface area contributed by atoms with Crippen LogP contribution in [-0.2, 0) is 15.8 Å². The Kier molecular flexibility index (Phi) is 7.72. The van der Waals surface area contributed by atoms with E-state index in [9.17, 15) is 23.9 Å². The van der Waals surface area contributed by atoms with E-state index in [0.29, 0.717) is 33.7 Å². The van der Waals surface area contributed by atoms with Crippen molar-refractivity contribution < 1.29 is 33.0 Å². The molecule has 0 aliphatic carbocycles. The SMILES string of the molecule is Cc1cnc2c(NC(=O)c3cnc(C)o3)cc(C(=O)NC[C@](C)(O)c3cc4c(c(-c5ccc(F)cc5)n3)OC[C@]4(C)C(N)=O)cc2c1. The van der Waals surface area contributed by atoms with Crippen molar-refractivity contribution in [3.63, 3.8) is 0 Å². The molecule has 4 heterocycles. The standard InChI is InChI=1S/C34H31FN6O6/c1-17-9-20-10-21(11-24(27(20)38-13-17)40-31(43)25-14-37-18(2)47-25)30(42)39-15-34(4,45)26-12-23-29(46-16-33(23,3)32(36)44)28(41-26)19-5-7-22(35)8-6-19/h5-14,45H,15-16H2,1-4H3,(H2,36,44)(H,39,42)(H,40,43)/t33-,34-/m0/s1. The quantitative estimate of drug-likeness (QED) is 0.195. The summed E-state index contributed by atoms with van der Waals surface area (Å²) in [7, 11) is 0. The number of anilines is 1. The fourth-order valence-corrected chi connectivity index (χ4v) is 5.35. The number of oxazole rings is 1. The van der Waals surface area contributed by atoms with E-state index in [1.165, 1.54) is 49.5 Å². The zero-order valence-corrected chi connectivity index (χ0v) is 26.0. The predicted octanol–water partition coefficient (Wildman–Crippen LogP) is 4.07. The van der Waals surface area contributed by atoms with E-state index in [0.717, 1.165) is 5.56 Å². The summed E-state index contributed by atoms with van der Waals surface area (Å²) in [6.07, 6.45) is 2.95. The van der Waals surface area contributed by atoms with E-state index in [1.54, 1.807) is 26.1 Å². The molecule has 0 spiro atoms. The second kappa shape index (κ2) is 11.6. The molecule has 3 amide bonds. The molecule has 5 aromatic rings. The van der Waals surface area contributed by atoms with Crippen LogP contribution in [0.15, 0.2) is 65.3 Å². The number of aryl methyl sites for hydroxylation is 2. The van der Waals surface area contributed by atoms with Gasteiger partial charge in [0.1, 0.15) is 34.9 Å². The van der Waals surface area contributed by atoms with Crippen molar-refractivity contribution in [1.29, 1.82) is 0 Å². The molecule has 13 heteroatoms. The third-order valence-corrected chi connectivity index (χ3v) is 8.15. The van der Waals surface area contributed by atoms with Crippen molar-refractivity contribution in [3.8, 4) is 17.0 Å². The molecular formula is C34H31FN6O6. The molecule has 1 aliphatic heterocycles. The second-order valence-electron chi connectivity index (χ2n) is 12.0. The van der Waals surface area contributed by atoms with Gasteiger partial charge in [0, 0.05) is 35.2 Å². The summed E-state index contributed by atoms with van der Waals surface area (Å²) < 4.78 is 24.9. The molecule has 2 aromatic carbocycles. The number of carbonyl (C=O) groups is 3. The van der Waals surface area contributed by atoms with Crippen molar-refractivity contribution in [2.24, 2.45) is 5.73 Å². The molecule has 3 aromatic heterocycles. The smallest absolute Gasteiger partial charge is 0.293 e. The van der Waals surface area contributed by atoms with Gasteiger partial charge in [-0.25, -0.2) is 14.4 Å². The Bertz CT molecular complexity index is 2080. The number of hydrogen-bond acceptors (Lipinski definition) is 9. The van der Waals surface area contributed by atoms with Gasteiger partial charge in [0.15, 0.2) is 5.89 Å². The predicted molar refractivity (Wildman–Crippen MR) is 169 cm³/mol. The van der Waals surface area contributed by atoms with E-state index < -0.39 is 34.6 Å². The minimum atomic E-state index is -1.75. The zero-order chi connectivity index (χ0) is 33.7. The minimum absolute atomic E-state index is 0.00616. The molecule has 0 fully saturated rings. The summed E-state index contributed by atoms with van der Waals surface area (Å²) in [5.41, 5.74) is 5.87. The lowest BCUT2D eigenvalue weighted by atomic mass is 9.82. The van der Waals surface area contributed by atoms with Crippen LogP contribution in [0.2, 0.25) is 0 Å². The first-order valence-electron chi connectivity index (χ1n) is 14.6. The summed E-state index contributed by atoms with van der Waals surface area (Å²) in [5, 5.41) is 17.8. The van der Waals surface area contributed by atoms with E-state index in [-0.39, 0.29) is 41.6 Å². The van der Waals surface area contributed by atoms with E-state index in [1.807, 2.05) is 13.0 Å². The molecule has 47 heavy (non-hydrogen) atoms. The molecule has 1 aliphatic rings. The van der Waals surface area contributed by atoms with Crippen molar-refractivity contribution in [2.75, 3.05) is 18.5 Å². The Morgan fingerprint density at radius 3 is 2.49 bits per heavy atom. The molecule has 0 radical (unpaired) electrons. The molecule has 0 bridgehead atoms. The van der Waals surface area contributed by atoms with Gasteiger partial charge >= 0.3 is 0 Å². The number of nitrogens with one attached hydrogen (secondary N) is 2. The molecule has 240 valence electrons. The fourth-order valence-electron chi connectivity index (χ4n) is 5.35. The van der Waals surface area contributed by atoms with Crippen LogP contribution in [0.5, 0.6) is 5.75 Å². The number of aromatic nitrogens is 3. The highest BCUT2D eigenvalue weighted by atomic mass is 19.1. The Hall–Kier alpha value is -5.69. The maximum Gasteiger partial charge on any atom is 0.293 e. The maximum absolute atomic E-state index is 13.7. The summed E-state index contributed by atoms with van der Waals surface area (Å²) >= 11 is 0. The summed E-state index contributed by atoms with van der Waals surface area (Å²) in [5.74, 6) is -1.58. The number of primary amides is 1. The van der Waals surface area contributed by atoms with E-state index in [4.69, 9.17) is 14.9 Å². The first kappa shape index (κ1) is 31.3. The minimum Gasteiger partial charge on any atom is -0.489 e. The van der Waals surface area contributed by atoms with Gasteiger partial charge in [-0.05, 0) is 74.9 Å². The molecule has 12 nitrogen and oxygen atoms in total. The Balaban J connectivity index is 1.32. The van der Waals surface area contributed by atoms with Gasteiger partial charge in [0.25, 0.3) is 11.8 Å². The normalized spacial score (nSPS) is 16.6. The van der Waals surface area contributed by atoms with Crippen LogP contribution in [-0.4, -0.2) is 50.9 Å². The highest BCUT2D eigenvalue weighted by molar-refractivity contribution is 6.09. The maximum atomic E-state index is 13.7. The number of pyridine rings is 2. The number of nitrogens with two attached hydrogens (primary N) is 1. The number of hydrogen-bond donors (Lipinski definition) is 4. The molecule has 2 atom stereocenters. The number of ether oxygens (including phenoxy) is 1. The molecule has 6 rings (SSSR count). The third kappa shape index (κ3) is 5.88. The summed E-state index contributed by atoms with van der Waals surface area (Å²) in [6.45, 7) is 6.23. The fraction of sp³-hybridized carbons (Fsp3) is 0.235. The molecule has 0 saturated carbocycles. The van der Waals surface area contributed by atoms with Crippen molar-refractivity contribution in [3.05, 3.63) is 101 Å². The molecular weight excluding hydrogens is 607 g/mol. The van der Waals surface area contributed by atoms with Gasteiger partial charge in [-0.3, -0.25) is 19.4 Å². The Morgan fingerprint density at radius 1 is 1.06 bits per heavy atom. The van der Waals surface area contributed by atoms with Crippen LogP contribution in [0.1, 0.15) is 57.5 Å².